The molecular weight excluding hydrogens is 453 g/mol. The molecule has 0 aliphatic rings. The lowest BCUT2D eigenvalue weighted by Crippen LogP contribution is -2.08. The highest BCUT2D eigenvalue weighted by atomic mass is 35.5. The fraction of sp³-hybridized carbons (Fsp3) is 0.273. The first kappa shape index (κ1) is 21.9. The maximum Gasteiger partial charge on any atom is 0.247 e. The Bertz CT molecular complexity index is 1180. The highest BCUT2D eigenvalue weighted by Gasteiger charge is 2.23. The first-order valence-electron chi connectivity index (χ1n) is 9.86. The van der Waals surface area contributed by atoms with Crippen LogP contribution >= 0.6 is 35.0 Å². The predicted molar refractivity (Wildman–Crippen MR) is 124 cm³/mol. The van der Waals surface area contributed by atoms with Crippen molar-refractivity contribution < 1.29 is 4.42 Å². The van der Waals surface area contributed by atoms with Crippen molar-refractivity contribution in [1.29, 1.82) is 0 Å². The van der Waals surface area contributed by atoms with E-state index in [1.807, 2.05) is 43.3 Å². The van der Waals surface area contributed by atoms with E-state index in [4.69, 9.17) is 27.6 Å². The molecule has 31 heavy (non-hydrogen) atoms. The molecule has 9 heteroatoms. The van der Waals surface area contributed by atoms with Gasteiger partial charge in [0.05, 0.1) is 10.3 Å². The third-order valence-electron chi connectivity index (χ3n) is 4.53. The SMILES string of the molecule is CC(C)Cn1c(SC(C)c2nnc(-c3ccccc3)o2)nnc1-c1ccc(Cl)cc1Cl. The summed E-state index contributed by atoms with van der Waals surface area (Å²) in [5.41, 5.74) is 1.68. The normalized spacial score (nSPS) is 12.5. The fourth-order valence-corrected chi connectivity index (χ4v) is 4.46. The van der Waals surface area contributed by atoms with E-state index in [1.165, 1.54) is 11.8 Å². The van der Waals surface area contributed by atoms with Gasteiger partial charge in [-0.3, -0.25) is 0 Å². The molecule has 4 aromatic rings. The molecule has 2 aromatic carbocycles. The highest BCUT2D eigenvalue weighted by Crippen LogP contribution is 2.37. The summed E-state index contributed by atoms with van der Waals surface area (Å²) >= 11 is 14.0. The standard InChI is InChI=1S/C22H21Cl2N5OS/c1-13(2)12-29-19(17-10-9-16(23)11-18(17)24)25-28-22(29)31-14(3)20-26-27-21(30-20)15-7-5-4-6-8-15/h4-11,13-14H,12H2,1-3H3. The molecule has 1 unspecified atom stereocenters. The summed E-state index contributed by atoms with van der Waals surface area (Å²) in [6.45, 7) is 7.05. The molecule has 6 nitrogen and oxygen atoms in total. The molecule has 0 spiro atoms. The van der Waals surface area contributed by atoms with Crippen molar-refractivity contribution in [2.45, 2.75) is 37.7 Å². The second-order valence-electron chi connectivity index (χ2n) is 7.51. The zero-order valence-corrected chi connectivity index (χ0v) is 19.6. The molecule has 0 saturated heterocycles. The average Bonchev–Trinajstić information content (AvgIpc) is 3.37. The van der Waals surface area contributed by atoms with E-state index in [1.54, 1.807) is 12.1 Å². The van der Waals surface area contributed by atoms with Gasteiger partial charge in [0.25, 0.3) is 0 Å². The molecule has 160 valence electrons. The van der Waals surface area contributed by atoms with E-state index >= 15 is 0 Å². The Kier molecular flexibility index (Phi) is 6.65. The third kappa shape index (κ3) is 4.95. The van der Waals surface area contributed by atoms with Crippen LogP contribution in [0.1, 0.15) is 31.9 Å². The summed E-state index contributed by atoms with van der Waals surface area (Å²) in [6, 6.07) is 15.1. The van der Waals surface area contributed by atoms with Gasteiger partial charge in [-0.15, -0.1) is 20.4 Å². The number of halogens is 2. The van der Waals surface area contributed by atoms with Gasteiger partial charge in [-0.25, -0.2) is 0 Å². The fourth-order valence-electron chi connectivity index (χ4n) is 3.08. The van der Waals surface area contributed by atoms with Crippen LogP contribution in [0.25, 0.3) is 22.8 Å². The lowest BCUT2D eigenvalue weighted by molar-refractivity contribution is 0.493. The Balaban J connectivity index is 1.62. The minimum absolute atomic E-state index is 0.103. The van der Waals surface area contributed by atoms with Crippen LogP contribution in [0.3, 0.4) is 0 Å². The molecule has 0 aliphatic heterocycles. The van der Waals surface area contributed by atoms with E-state index in [2.05, 4.69) is 38.8 Å². The van der Waals surface area contributed by atoms with E-state index in [0.717, 1.165) is 22.8 Å². The largest absolute Gasteiger partial charge is 0.419 e. The highest BCUT2D eigenvalue weighted by molar-refractivity contribution is 7.99. The monoisotopic (exact) mass is 473 g/mol. The first-order chi connectivity index (χ1) is 14.9. The molecule has 0 fully saturated rings. The Morgan fingerprint density at radius 2 is 1.74 bits per heavy atom. The maximum atomic E-state index is 6.44. The summed E-state index contributed by atoms with van der Waals surface area (Å²) < 4.78 is 7.99. The first-order valence-corrected chi connectivity index (χ1v) is 11.5. The van der Waals surface area contributed by atoms with Crippen molar-refractivity contribution in [3.05, 3.63) is 64.5 Å². The molecule has 2 aromatic heterocycles. The number of rotatable bonds is 7. The molecule has 2 heterocycles. The van der Waals surface area contributed by atoms with Gasteiger partial charge in [0.1, 0.15) is 0 Å². The summed E-state index contributed by atoms with van der Waals surface area (Å²) in [4.78, 5) is 0. The molecule has 0 bridgehead atoms. The van der Waals surface area contributed by atoms with Gasteiger partial charge in [-0.1, -0.05) is 67.0 Å². The summed E-state index contributed by atoms with van der Waals surface area (Å²) in [6.07, 6.45) is 0. The minimum Gasteiger partial charge on any atom is -0.419 e. The lowest BCUT2D eigenvalue weighted by atomic mass is 10.2. The van der Waals surface area contributed by atoms with Crippen molar-refractivity contribution in [3.8, 4) is 22.8 Å². The number of thioether (sulfide) groups is 1. The van der Waals surface area contributed by atoms with Crippen LogP contribution in [0.2, 0.25) is 10.0 Å². The molecule has 0 aliphatic carbocycles. The van der Waals surface area contributed by atoms with Crippen LogP contribution in [0, 0.1) is 5.92 Å². The quantitative estimate of drug-likeness (QED) is 0.274. The third-order valence-corrected chi connectivity index (χ3v) is 6.14. The lowest BCUT2D eigenvalue weighted by Gasteiger charge is -2.14. The van der Waals surface area contributed by atoms with Crippen LogP contribution in [-0.4, -0.2) is 25.0 Å². The van der Waals surface area contributed by atoms with E-state index in [9.17, 15) is 0 Å². The van der Waals surface area contributed by atoms with Gasteiger partial charge >= 0.3 is 0 Å². The van der Waals surface area contributed by atoms with Crippen molar-refractivity contribution in [3.63, 3.8) is 0 Å². The van der Waals surface area contributed by atoms with Gasteiger partial charge in [-0.2, -0.15) is 0 Å². The minimum atomic E-state index is -0.103. The van der Waals surface area contributed by atoms with Gasteiger partial charge in [0, 0.05) is 22.7 Å². The summed E-state index contributed by atoms with van der Waals surface area (Å²) in [5, 5.41) is 19.1. The van der Waals surface area contributed by atoms with Crippen LogP contribution in [-0.2, 0) is 6.54 Å². The number of benzene rings is 2. The zero-order chi connectivity index (χ0) is 22.0. The smallest absolute Gasteiger partial charge is 0.247 e. The maximum absolute atomic E-state index is 6.44. The summed E-state index contributed by atoms with van der Waals surface area (Å²) in [7, 11) is 0. The predicted octanol–water partition coefficient (Wildman–Crippen LogP) is 6.81. The molecule has 0 radical (unpaired) electrons. The number of nitrogens with zero attached hydrogens (tertiary/aromatic N) is 5. The van der Waals surface area contributed by atoms with E-state index < -0.39 is 0 Å². The summed E-state index contributed by atoms with van der Waals surface area (Å²) in [5.74, 6) is 2.14. The Morgan fingerprint density at radius 1 is 0.968 bits per heavy atom. The molecule has 0 saturated carbocycles. The molecule has 0 amide bonds. The van der Waals surface area contributed by atoms with Gasteiger partial charge in [0.15, 0.2) is 11.0 Å². The Hall–Kier alpha value is -2.35. The number of hydrogen-bond donors (Lipinski definition) is 0. The molecular formula is C22H21Cl2N5OS. The topological polar surface area (TPSA) is 69.6 Å². The molecule has 1 atom stereocenters. The van der Waals surface area contributed by atoms with Crippen LogP contribution < -0.4 is 0 Å². The van der Waals surface area contributed by atoms with Crippen molar-refractivity contribution in [2.75, 3.05) is 0 Å². The Morgan fingerprint density at radius 3 is 2.45 bits per heavy atom. The van der Waals surface area contributed by atoms with Gasteiger partial charge < -0.3 is 8.98 Å². The van der Waals surface area contributed by atoms with Crippen molar-refractivity contribution in [1.82, 2.24) is 25.0 Å². The average molecular weight is 474 g/mol. The second kappa shape index (κ2) is 9.42. The molecule has 4 rings (SSSR count). The number of aromatic nitrogens is 5. The molecule has 0 N–H and O–H groups in total. The second-order valence-corrected chi connectivity index (χ2v) is 9.66. The van der Waals surface area contributed by atoms with E-state index in [-0.39, 0.29) is 5.25 Å². The van der Waals surface area contributed by atoms with Crippen molar-refractivity contribution in [2.24, 2.45) is 5.92 Å². The van der Waals surface area contributed by atoms with Gasteiger partial charge in [0.2, 0.25) is 11.8 Å². The Labute approximate surface area is 195 Å². The van der Waals surface area contributed by atoms with Crippen LogP contribution in [0.4, 0.5) is 0 Å². The van der Waals surface area contributed by atoms with E-state index in [0.29, 0.717) is 33.6 Å². The zero-order valence-electron chi connectivity index (χ0n) is 17.3. The van der Waals surface area contributed by atoms with Crippen molar-refractivity contribution >= 4 is 35.0 Å². The van der Waals surface area contributed by atoms with Gasteiger partial charge in [-0.05, 0) is 43.2 Å². The van der Waals surface area contributed by atoms with Crippen LogP contribution in [0.5, 0.6) is 0 Å². The van der Waals surface area contributed by atoms with Crippen LogP contribution in [0.15, 0.2) is 58.1 Å². The number of hydrogen-bond acceptors (Lipinski definition) is 6.